The summed E-state index contributed by atoms with van der Waals surface area (Å²) in [6, 6.07) is 17.5. The summed E-state index contributed by atoms with van der Waals surface area (Å²) in [4.78, 5) is 30.0. The van der Waals surface area contributed by atoms with Crippen molar-refractivity contribution in [2.75, 3.05) is 44.5 Å². The maximum absolute atomic E-state index is 13.4. The zero-order chi connectivity index (χ0) is 23.2. The third-order valence-electron chi connectivity index (χ3n) is 5.38. The number of morpholine rings is 1. The molecule has 2 heterocycles. The molecule has 8 heteroatoms. The van der Waals surface area contributed by atoms with E-state index in [2.05, 4.69) is 5.32 Å². The molecular weight excluding hydrogens is 456 g/mol. The summed E-state index contributed by atoms with van der Waals surface area (Å²) in [6.07, 6.45) is 0. The van der Waals surface area contributed by atoms with Crippen molar-refractivity contribution in [1.29, 1.82) is 0 Å². The Morgan fingerprint density at radius 1 is 1.09 bits per heavy atom. The number of methoxy groups -OCH3 is 1. The van der Waals surface area contributed by atoms with E-state index in [0.717, 1.165) is 26.6 Å². The molecule has 0 unspecified atom stereocenters. The number of hydrogen-bond acceptors (Lipinski definition) is 6. The Balaban J connectivity index is 1.55. The Labute approximate surface area is 201 Å². The van der Waals surface area contributed by atoms with Gasteiger partial charge >= 0.3 is 0 Å². The molecule has 1 fully saturated rings. The van der Waals surface area contributed by atoms with E-state index in [9.17, 15) is 9.59 Å². The monoisotopic (exact) mass is 482 g/mol. The molecule has 1 saturated heterocycles. The normalized spacial score (nSPS) is 13.6. The predicted octanol–water partition coefficient (Wildman–Crippen LogP) is 4.94. The number of ether oxygens (including phenoxy) is 2. The molecule has 6 nitrogen and oxygen atoms in total. The molecule has 0 atom stereocenters. The quantitative estimate of drug-likeness (QED) is 0.484. The van der Waals surface area contributed by atoms with Crippen molar-refractivity contribution in [1.82, 2.24) is 4.90 Å². The third-order valence-corrected chi connectivity index (χ3v) is 7.65. The zero-order valence-electron chi connectivity index (χ0n) is 18.6. The summed E-state index contributed by atoms with van der Waals surface area (Å²) >= 11 is 2.89. The molecule has 1 aliphatic heterocycles. The highest BCUT2D eigenvalue weighted by Crippen LogP contribution is 2.40. The van der Waals surface area contributed by atoms with Gasteiger partial charge in [0.25, 0.3) is 5.91 Å². The van der Waals surface area contributed by atoms with Crippen molar-refractivity contribution >= 4 is 39.9 Å². The van der Waals surface area contributed by atoms with E-state index >= 15 is 0 Å². The van der Waals surface area contributed by atoms with E-state index in [1.54, 1.807) is 12.0 Å². The van der Waals surface area contributed by atoms with Crippen LogP contribution in [-0.2, 0) is 9.53 Å². The summed E-state index contributed by atoms with van der Waals surface area (Å²) in [6.45, 7) is 4.11. The minimum absolute atomic E-state index is 0.0626. The lowest BCUT2D eigenvalue weighted by molar-refractivity contribution is -0.113. The minimum atomic E-state index is -0.146. The number of benzene rings is 2. The first-order valence-electron chi connectivity index (χ1n) is 10.7. The lowest BCUT2D eigenvalue weighted by Crippen LogP contribution is -2.41. The molecule has 3 aromatic rings. The molecule has 1 aliphatic rings. The summed E-state index contributed by atoms with van der Waals surface area (Å²) in [7, 11) is 1.62. The van der Waals surface area contributed by atoms with Crippen molar-refractivity contribution in [2.45, 2.75) is 11.8 Å². The van der Waals surface area contributed by atoms with Crippen molar-refractivity contribution in [3.05, 3.63) is 65.7 Å². The Morgan fingerprint density at radius 2 is 1.79 bits per heavy atom. The average Bonchev–Trinajstić information content (AvgIpc) is 3.19. The van der Waals surface area contributed by atoms with E-state index in [0.29, 0.717) is 36.9 Å². The number of hydrogen-bond donors (Lipinski definition) is 1. The fraction of sp³-hybridized carbons (Fsp3) is 0.280. The van der Waals surface area contributed by atoms with Crippen molar-refractivity contribution in [2.24, 2.45) is 0 Å². The fourth-order valence-electron chi connectivity index (χ4n) is 3.63. The van der Waals surface area contributed by atoms with Crippen LogP contribution in [-0.4, -0.2) is 55.9 Å². The molecule has 33 heavy (non-hydrogen) atoms. The Kier molecular flexibility index (Phi) is 7.69. The van der Waals surface area contributed by atoms with E-state index in [4.69, 9.17) is 9.47 Å². The van der Waals surface area contributed by atoms with Gasteiger partial charge in [-0.25, -0.2) is 0 Å². The second-order valence-corrected chi connectivity index (χ2v) is 9.61. The van der Waals surface area contributed by atoms with Crippen LogP contribution in [0.3, 0.4) is 0 Å². The van der Waals surface area contributed by atoms with Crippen molar-refractivity contribution < 1.29 is 19.1 Å². The van der Waals surface area contributed by atoms with Gasteiger partial charge in [0, 0.05) is 22.9 Å². The number of carbonyl (C=O) groups is 2. The van der Waals surface area contributed by atoms with Crippen LogP contribution in [0.4, 0.5) is 5.00 Å². The SMILES string of the molecule is COc1ccc(SCC(=O)Nc2sc(-c3ccccc3)c(C)c2C(=O)N2CCOCC2)cc1. The van der Waals surface area contributed by atoms with E-state index in [1.807, 2.05) is 61.5 Å². The molecule has 2 amide bonds. The highest BCUT2D eigenvalue weighted by atomic mass is 32.2. The molecule has 0 spiro atoms. The van der Waals surface area contributed by atoms with Gasteiger partial charge in [0.1, 0.15) is 10.8 Å². The fourth-order valence-corrected chi connectivity index (χ4v) is 5.55. The van der Waals surface area contributed by atoms with Gasteiger partial charge in [-0.15, -0.1) is 23.1 Å². The van der Waals surface area contributed by atoms with E-state index in [-0.39, 0.29) is 17.6 Å². The van der Waals surface area contributed by atoms with Gasteiger partial charge in [0.05, 0.1) is 31.6 Å². The van der Waals surface area contributed by atoms with Crippen LogP contribution in [0.25, 0.3) is 10.4 Å². The molecule has 0 aliphatic carbocycles. The largest absolute Gasteiger partial charge is 0.497 e. The first-order chi connectivity index (χ1) is 16.1. The Hall–Kier alpha value is -2.81. The van der Waals surface area contributed by atoms with E-state index in [1.165, 1.54) is 23.1 Å². The van der Waals surface area contributed by atoms with Crippen LogP contribution in [0.2, 0.25) is 0 Å². The van der Waals surface area contributed by atoms with Crippen LogP contribution in [0.5, 0.6) is 5.75 Å². The summed E-state index contributed by atoms with van der Waals surface area (Å²) in [5.74, 6) is 0.812. The zero-order valence-corrected chi connectivity index (χ0v) is 20.3. The minimum Gasteiger partial charge on any atom is -0.497 e. The van der Waals surface area contributed by atoms with Gasteiger partial charge < -0.3 is 19.7 Å². The number of anilines is 1. The van der Waals surface area contributed by atoms with Crippen LogP contribution in [0.1, 0.15) is 15.9 Å². The van der Waals surface area contributed by atoms with Gasteiger partial charge in [-0.3, -0.25) is 9.59 Å². The standard InChI is InChI=1S/C25H26N2O4S2/c1-17-22(25(29)27-12-14-31-15-13-27)24(33-23(17)18-6-4-3-5-7-18)26-21(28)16-32-20-10-8-19(30-2)9-11-20/h3-11H,12-16H2,1-2H3,(H,26,28). The van der Waals surface area contributed by atoms with E-state index < -0.39 is 0 Å². The lowest BCUT2D eigenvalue weighted by atomic mass is 10.1. The maximum atomic E-state index is 13.4. The Morgan fingerprint density at radius 3 is 2.45 bits per heavy atom. The molecule has 0 saturated carbocycles. The molecule has 1 aromatic heterocycles. The average molecular weight is 483 g/mol. The molecule has 1 N–H and O–H groups in total. The number of rotatable bonds is 7. The molecular formula is C25H26N2O4S2. The molecule has 2 aromatic carbocycles. The number of nitrogens with one attached hydrogen (secondary N) is 1. The van der Waals surface area contributed by atoms with Crippen LogP contribution in [0.15, 0.2) is 59.5 Å². The van der Waals surface area contributed by atoms with Gasteiger partial charge in [0.15, 0.2) is 0 Å². The van der Waals surface area contributed by atoms with Crippen molar-refractivity contribution in [3.63, 3.8) is 0 Å². The summed E-state index contributed by atoms with van der Waals surface area (Å²) in [5.41, 5.74) is 2.49. The second-order valence-electron chi connectivity index (χ2n) is 7.54. The summed E-state index contributed by atoms with van der Waals surface area (Å²) < 4.78 is 10.6. The number of nitrogens with zero attached hydrogens (tertiary/aromatic N) is 1. The molecule has 0 bridgehead atoms. The first kappa shape index (κ1) is 23.4. The van der Waals surface area contributed by atoms with Crippen LogP contribution < -0.4 is 10.1 Å². The van der Waals surface area contributed by atoms with Crippen LogP contribution in [0, 0.1) is 6.92 Å². The number of amides is 2. The Bertz CT molecular complexity index is 1110. The summed E-state index contributed by atoms with van der Waals surface area (Å²) in [5, 5.41) is 3.61. The first-order valence-corrected chi connectivity index (χ1v) is 12.5. The van der Waals surface area contributed by atoms with Crippen LogP contribution >= 0.6 is 23.1 Å². The topological polar surface area (TPSA) is 67.9 Å². The predicted molar refractivity (Wildman–Crippen MR) is 134 cm³/mol. The van der Waals surface area contributed by atoms with Gasteiger partial charge in [-0.05, 0) is 42.3 Å². The highest BCUT2D eigenvalue weighted by Gasteiger charge is 2.28. The second kappa shape index (κ2) is 10.9. The lowest BCUT2D eigenvalue weighted by Gasteiger charge is -2.27. The van der Waals surface area contributed by atoms with Gasteiger partial charge in [-0.1, -0.05) is 30.3 Å². The number of carbonyl (C=O) groups excluding carboxylic acids is 2. The van der Waals surface area contributed by atoms with Gasteiger partial charge in [-0.2, -0.15) is 0 Å². The van der Waals surface area contributed by atoms with Gasteiger partial charge in [0.2, 0.25) is 5.91 Å². The maximum Gasteiger partial charge on any atom is 0.257 e. The number of thiophene rings is 1. The third kappa shape index (κ3) is 5.58. The molecule has 4 rings (SSSR count). The molecule has 0 radical (unpaired) electrons. The smallest absolute Gasteiger partial charge is 0.257 e. The number of thioether (sulfide) groups is 1. The highest BCUT2D eigenvalue weighted by molar-refractivity contribution is 8.00. The van der Waals surface area contributed by atoms with Crippen molar-refractivity contribution in [3.8, 4) is 16.2 Å². The molecule has 172 valence electrons.